The van der Waals surface area contributed by atoms with Gasteiger partial charge in [-0.1, -0.05) is 30.7 Å². The molecule has 0 atom stereocenters. The van der Waals surface area contributed by atoms with Gasteiger partial charge in [0.25, 0.3) is 0 Å². The van der Waals surface area contributed by atoms with E-state index in [-0.39, 0.29) is 0 Å². The molecule has 0 unspecified atom stereocenters. The summed E-state index contributed by atoms with van der Waals surface area (Å²) in [7, 11) is 0. The fraction of sp³-hybridized carbons (Fsp3) is 0.267. The first-order valence-electron chi connectivity index (χ1n) is 6.14. The van der Waals surface area contributed by atoms with Gasteiger partial charge in [0, 0.05) is 11.8 Å². The highest BCUT2D eigenvalue weighted by Crippen LogP contribution is 2.38. The monoisotopic (exact) mass is 224 g/mol. The Morgan fingerprint density at radius 1 is 1.18 bits per heavy atom. The van der Waals surface area contributed by atoms with Crippen molar-refractivity contribution in [3.8, 4) is 11.1 Å². The van der Waals surface area contributed by atoms with Crippen LogP contribution < -0.4 is 5.73 Å². The average Bonchev–Trinajstić information content (AvgIpc) is 2.28. The summed E-state index contributed by atoms with van der Waals surface area (Å²) in [5.41, 5.74) is 10.4. The van der Waals surface area contributed by atoms with Gasteiger partial charge in [0.1, 0.15) is 0 Å². The summed E-state index contributed by atoms with van der Waals surface area (Å²) in [5.74, 6) is 0.762. The van der Waals surface area contributed by atoms with E-state index in [1.807, 2.05) is 6.07 Å². The van der Waals surface area contributed by atoms with Crippen LogP contribution in [-0.4, -0.2) is 4.98 Å². The minimum Gasteiger partial charge on any atom is -0.397 e. The summed E-state index contributed by atoms with van der Waals surface area (Å²) >= 11 is 0. The third-order valence-electron chi connectivity index (χ3n) is 3.63. The van der Waals surface area contributed by atoms with Crippen molar-refractivity contribution in [2.45, 2.75) is 25.2 Å². The first kappa shape index (κ1) is 10.3. The van der Waals surface area contributed by atoms with Gasteiger partial charge in [-0.05, 0) is 36.0 Å². The molecule has 2 heteroatoms. The van der Waals surface area contributed by atoms with Crippen molar-refractivity contribution in [2.24, 2.45) is 0 Å². The number of rotatable bonds is 2. The molecule has 2 nitrogen and oxygen atoms in total. The summed E-state index contributed by atoms with van der Waals surface area (Å²) in [6.07, 6.45) is 7.53. The van der Waals surface area contributed by atoms with Crippen molar-refractivity contribution < 1.29 is 0 Å². The topological polar surface area (TPSA) is 38.9 Å². The number of benzene rings is 1. The average molecular weight is 224 g/mol. The van der Waals surface area contributed by atoms with Crippen molar-refractivity contribution in [3.05, 3.63) is 48.3 Å². The van der Waals surface area contributed by atoms with Gasteiger partial charge in [-0.15, -0.1) is 0 Å². The standard InChI is InChI=1S/C15H16N2/c16-15-10-17-8-7-14(15)13-6-2-5-12(9-13)11-3-1-4-11/h2,5-11H,1,3-4,16H2. The zero-order chi connectivity index (χ0) is 11.7. The van der Waals surface area contributed by atoms with E-state index in [4.69, 9.17) is 5.73 Å². The molecule has 0 aliphatic heterocycles. The van der Waals surface area contributed by atoms with Crippen LogP contribution in [0.2, 0.25) is 0 Å². The summed E-state index contributed by atoms with van der Waals surface area (Å²) in [5, 5.41) is 0. The summed E-state index contributed by atoms with van der Waals surface area (Å²) in [6, 6.07) is 10.7. The molecule has 0 saturated heterocycles. The van der Waals surface area contributed by atoms with E-state index in [0.29, 0.717) is 0 Å². The van der Waals surface area contributed by atoms with Crippen LogP contribution in [0.25, 0.3) is 11.1 Å². The number of aromatic nitrogens is 1. The number of nitrogens with two attached hydrogens (primary N) is 1. The maximum atomic E-state index is 5.96. The van der Waals surface area contributed by atoms with E-state index in [1.165, 1.54) is 30.4 Å². The second-order valence-corrected chi connectivity index (χ2v) is 4.72. The number of hydrogen-bond donors (Lipinski definition) is 1. The molecule has 1 aliphatic carbocycles. The van der Waals surface area contributed by atoms with E-state index in [9.17, 15) is 0 Å². The van der Waals surface area contributed by atoms with Crippen LogP contribution in [0.3, 0.4) is 0 Å². The normalized spacial score (nSPS) is 15.5. The third-order valence-corrected chi connectivity index (χ3v) is 3.63. The highest BCUT2D eigenvalue weighted by atomic mass is 14.7. The Labute approximate surface area is 102 Å². The minimum absolute atomic E-state index is 0.748. The van der Waals surface area contributed by atoms with Crippen LogP contribution in [0.1, 0.15) is 30.7 Å². The van der Waals surface area contributed by atoms with E-state index in [0.717, 1.165) is 17.2 Å². The number of pyridine rings is 1. The van der Waals surface area contributed by atoms with Gasteiger partial charge in [0.2, 0.25) is 0 Å². The number of nitrogen functional groups attached to an aromatic ring is 1. The van der Waals surface area contributed by atoms with Crippen LogP contribution in [0, 0.1) is 0 Å². The second kappa shape index (κ2) is 4.21. The van der Waals surface area contributed by atoms with Gasteiger partial charge in [0.15, 0.2) is 0 Å². The molecule has 0 amide bonds. The lowest BCUT2D eigenvalue weighted by molar-refractivity contribution is 0.420. The lowest BCUT2D eigenvalue weighted by Gasteiger charge is -2.26. The molecule has 1 aromatic carbocycles. The third kappa shape index (κ3) is 1.91. The molecule has 1 aliphatic rings. The molecular weight excluding hydrogens is 208 g/mol. The molecule has 0 radical (unpaired) electrons. The molecule has 17 heavy (non-hydrogen) atoms. The molecule has 1 fully saturated rings. The molecule has 1 saturated carbocycles. The quantitative estimate of drug-likeness (QED) is 0.846. The van der Waals surface area contributed by atoms with Gasteiger partial charge in [0.05, 0.1) is 11.9 Å². The highest BCUT2D eigenvalue weighted by Gasteiger charge is 2.19. The van der Waals surface area contributed by atoms with Crippen molar-refractivity contribution in [2.75, 3.05) is 5.73 Å². The SMILES string of the molecule is Nc1cnccc1-c1cccc(C2CCC2)c1. The van der Waals surface area contributed by atoms with Crippen LogP contribution in [0.5, 0.6) is 0 Å². The smallest absolute Gasteiger partial charge is 0.0580 e. The Kier molecular flexibility index (Phi) is 2.56. The van der Waals surface area contributed by atoms with E-state index < -0.39 is 0 Å². The van der Waals surface area contributed by atoms with Crippen molar-refractivity contribution in [1.29, 1.82) is 0 Å². The van der Waals surface area contributed by atoms with Crippen molar-refractivity contribution in [3.63, 3.8) is 0 Å². The first-order valence-corrected chi connectivity index (χ1v) is 6.14. The molecule has 0 spiro atoms. The van der Waals surface area contributed by atoms with Crippen molar-refractivity contribution in [1.82, 2.24) is 4.98 Å². The molecule has 2 aromatic rings. The van der Waals surface area contributed by atoms with E-state index >= 15 is 0 Å². The van der Waals surface area contributed by atoms with Gasteiger partial charge >= 0.3 is 0 Å². The van der Waals surface area contributed by atoms with Gasteiger partial charge < -0.3 is 5.73 Å². The van der Waals surface area contributed by atoms with Crippen LogP contribution >= 0.6 is 0 Å². The zero-order valence-corrected chi connectivity index (χ0v) is 9.76. The largest absolute Gasteiger partial charge is 0.397 e. The fourth-order valence-electron chi connectivity index (χ4n) is 2.37. The molecular formula is C15H16N2. The number of anilines is 1. The fourth-order valence-corrected chi connectivity index (χ4v) is 2.37. The predicted molar refractivity (Wildman–Crippen MR) is 70.7 cm³/mol. The molecule has 0 bridgehead atoms. The molecule has 86 valence electrons. The summed E-state index contributed by atoms with van der Waals surface area (Å²) in [6.45, 7) is 0. The number of hydrogen-bond acceptors (Lipinski definition) is 2. The van der Waals surface area contributed by atoms with E-state index in [2.05, 4.69) is 29.2 Å². The molecule has 3 rings (SSSR count). The van der Waals surface area contributed by atoms with Gasteiger partial charge in [-0.2, -0.15) is 0 Å². The first-order chi connectivity index (χ1) is 8.34. The predicted octanol–water partition coefficient (Wildman–Crippen LogP) is 3.60. The van der Waals surface area contributed by atoms with Crippen LogP contribution in [0.4, 0.5) is 5.69 Å². The van der Waals surface area contributed by atoms with Gasteiger partial charge in [-0.3, -0.25) is 4.98 Å². The Balaban J connectivity index is 2.00. The maximum absolute atomic E-state index is 5.96. The Bertz CT molecular complexity index is 530. The molecule has 1 aromatic heterocycles. The Hall–Kier alpha value is -1.83. The summed E-state index contributed by atoms with van der Waals surface area (Å²) in [4.78, 5) is 4.03. The maximum Gasteiger partial charge on any atom is 0.0580 e. The zero-order valence-electron chi connectivity index (χ0n) is 9.76. The number of nitrogens with zero attached hydrogens (tertiary/aromatic N) is 1. The lowest BCUT2D eigenvalue weighted by atomic mass is 9.79. The highest BCUT2D eigenvalue weighted by molar-refractivity contribution is 5.75. The van der Waals surface area contributed by atoms with Crippen LogP contribution in [0.15, 0.2) is 42.7 Å². The molecule has 1 heterocycles. The van der Waals surface area contributed by atoms with E-state index in [1.54, 1.807) is 12.4 Å². The molecule has 2 N–H and O–H groups in total. The lowest BCUT2D eigenvalue weighted by Crippen LogP contribution is -2.08. The van der Waals surface area contributed by atoms with Crippen LogP contribution in [-0.2, 0) is 0 Å². The minimum atomic E-state index is 0.748. The second-order valence-electron chi connectivity index (χ2n) is 4.72. The van der Waals surface area contributed by atoms with Gasteiger partial charge in [-0.25, -0.2) is 0 Å². The Morgan fingerprint density at radius 2 is 2.06 bits per heavy atom. The van der Waals surface area contributed by atoms with Crippen molar-refractivity contribution >= 4 is 5.69 Å². The Morgan fingerprint density at radius 3 is 2.76 bits per heavy atom. The summed E-state index contributed by atoms with van der Waals surface area (Å²) < 4.78 is 0.